The Morgan fingerprint density at radius 3 is 2.91 bits per heavy atom. The summed E-state index contributed by atoms with van der Waals surface area (Å²) in [5.41, 5.74) is 0. The molecule has 2 N–H and O–H groups in total. The Morgan fingerprint density at radius 1 is 1.36 bits per heavy atom. The van der Waals surface area contributed by atoms with E-state index >= 15 is 0 Å². The first-order chi connectivity index (χ1) is 10.7. The van der Waals surface area contributed by atoms with E-state index in [-0.39, 0.29) is 5.91 Å². The number of thioether (sulfide) groups is 1. The SMILES string of the molecule is O=C(CCCSc1ccc(Br)cc1)NCCC1CCCNC1. The Bertz CT molecular complexity index is 446. The highest BCUT2D eigenvalue weighted by atomic mass is 79.9. The summed E-state index contributed by atoms with van der Waals surface area (Å²) in [6.07, 6.45) is 5.23. The molecule has 1 unspecified atom stereocenters. The van der Waals surface area contributed by atoms with Gasteiger partial charge in [-0.2, -0.15) is 0 Å². The van der Waals surface area contributed by atoms with Gasteiger partial charge in [0.1, 0.15) is 0 Å². The molecule has 0 radical (unpaired) electrons. The number of piperidine rings is 1. The van der Waals surface area contributed by atoms with E-state index < -0.39 is 0 Å². The van der Waals surface area contributed by atoms with Crippen molar-refractivity contribution in [3.05, 3.63) is 28.7 Å². The fraction of sp³-hybridized carbons (Fsp3) is 0.588. The van der Waals surface area contributed by atoms with Gasteiger partial charge in [-0.1, -0.05) is 15.9 Å². The van der Waals surface area contributed by atoms with E-state index in [2.05, 4.69) is 50.8 Å². The van der Waals surface area contributed by atoms with Crippen molar-refractivity contribution < 1.29 is 4.79 Å². The van der Waals surface area contributed by atoms with Crippen molar-refractivity contribution in [2.45, 2.75) is 37.0 Å². The van der Waals surface area contributed by atoms with Crippen LogP contribution in [0.5, 0.6) is 0 Å². The molecule has 1 heterocycles. The number of hydrogen-bond donors (Lipinski definition) is 2. The molecule has 22 heavy (non-hydrogen) atoms. The fourth-order valence-corrected chi connectivity index (χ4v) is 3.75. The molecule has 1 aliphatic rings. The summed E-state index contributed by atoms with van der Waals surface area (Å²) in [5, 5.41) is 6.47. The van der Waals surface area contributed by atoms with Gasteiger partial charge in [-0.05, 0) is 74.7 Å². The number of hydrogen-bond acceptors (Lipinski definition) is 3. The second kappa shape index (κ2) is 10.3. The average molecular weight is 385 g/mol. The highest BCUT2D eigenvalue weighted by Gasteiger charge is 2.12. The molecule has 0 aromatic heterocycles. The van der Waals surface area contributed by atoms with E-state index in [1.807, 2.05) is 11.8 Å². The highest BCUT2D eigenvalue weighted by Crippen LogP contribution is 2.21. The van der Waals surface area contributed by atoms with E-state index in [9.17, 15) is 4.79 Å². The molecule has 3 nitrogen and oxygen atoms in total. The topological polar surface area (TPSA) is 41.1 Å². The molecule has 1 fully saturated rings. The zero-order valence-corrected chi connectivity index (χ0v) is 15.3. The molecule has 0 spiro atoms. The first-order valence-electron chi connectivity index (χ1n) is 8.10. The van der Waals surface area contributed by atoms with Crippen molar-refractivity contribution in [2.75, 3.05) is 25.4 Å². The third-order valence-corrected chi connectivity index (χ3v) is 5.53. The van der Waals surface area contributed by atoms with Crippen LogP contribution in [-0.2, 0) is 4.79 Å². The monoisotopic (exact) mass is 384 g/mol. The molecule has 1 aromatic rings. The summed E-state index contributed by atoms with van der Waals surface area (Å²) in [7, 11) is 0. The summed E-state index contributed by atoms with van der Waals surface area (Å²) >= 11 is 5.24. The van der Waals surface area contributed by atoms with Gasteiger partial charge in [0.25, 0.3) is 0 Å². The second-order valence-corrected chi connectivity index (χ2v) is 7.84. The Hall–Kier alpha value is -0.520. The lowest BCUT2D eigenvalue weighted by molar-refractivity contribution is -0.121. The van der Waals surface area contributed by atoms with E-state index in [1.54, 1.807) is 0 Å². The zero-order chi connectivity index (χ0) is 15.6. The van der Waals surface area contributed by atoms with E-state index in [4.69, 9.17) is 0 Å². The molecular formula is C17H25BrN2OS. The number of amides is 1. The first kappa shape index (κ1) is 17.8. The predicted molar refractivity (Wildman–Crippen MR) is 97.3 cm³/mol. The third-order valence-electron chi connectivity index (χ3n) is 3.90. The van der Waals surface area contributed by atoms with Gasteiger partial charge < -0.3 is 10.6 Å². The molecular weight excluding hydrogens is 360 g/mol. The van der Waals surface area contributed by atoms with Crippen LogP contribution in [0.4, 0.5) is 0 Å². The smallest absolute Gasteiger partial charge is 0.220 e. The maximum absolute atomic E-state index is 11.8. The molecule has 2 rings (SSSR count). The second-order valence-electron chi connectivity index (χ2n) is 5.76. The lowest BCUT2D eigenvalue weighted by Crippen LogP contribution is -2.33. The van der Waals surface area contributed by atoms with Gasteiger partial charge in [0.15, 0.2) is 0 Å². The van der Waals surface area contributed by atoms with Gasteiger partial charge in [-0.15, -0.1) is 11.8 Å². The third kappa shape index (κ3) is 7.16. The number of nitrogens with one attached hydrogen (secondary N) is 2. The first-order valence-corrected chi connectivity index (χ1v) is 9.87. The minimum Gasteiger partial charge on any atom is -0.356 e. The molecule has 0 saturated carbocycles. The van der Waals surface area contributed by atoms with Crippen molar-refractivity contribution in [3.8, 4) is 0 Å². The zero-order valence-electron chi connectivity index (χ0n) is 12.9. The maximum atomic E-state index is 11.8. The Labute approximate surface area is 146 Å². The molecule has 0 bridgehead atoms. The van der Waals surface area contributed by atoms with Gasteiger partial charge in [0, 0.05) is 22.3 Å². The number of rotatable bonds is 8. The summed E-state index contributed by atoms with van der Waals surface area (Å²) in [6, 6.07) is 8.31. The minimum atomic E-state index is 0.195. The van der Waals surface area contributed by atoms with Gasteiger partial charge in [0.05, 0.1) is 0 Å². The summed E-state index contributed by atoms with van der Waals surface area (Å²) in [5.74, 6) is 1.92. The van der Waals surface area contributed by atoms with E-state index in [0.29, 0.717) is 6.42 Å². The van der Waals surface area contributed by atoms with Crippen LogP contribution in [0.25, 0.3) is 0 Å². The molecule has 5 heteroatoms. The standard InChI is InChI=1S/C17H25BrN2OS/c18-15-5-7-16(8-6-15)22-12-2-4-17(21)20-11-9-14-3-1-10-19-13-14/h5-8,14,19H,1-4,9-13H2,(H,20,21). The van der Waals surface area contributed by atoms with Gasteiger partial charge in [-0.25, -0.2) is 0 Å². The van der Waals surface area contributed by atoms with Crippen LogP contribution >= 0.6 is 27.7 Å². The molecule has 1 atom stereocenters. The highest BCUT2D eigenvalue weighted by molar-refractivity contribution is 9.10. The van der Waals surface area contributed by atoms with Gasteiger partial charge in [-0.3, -0.25) is 4.79 Å². The molecule has 1 saturated heterocycles. The molecule has 1 aromatic carbocycles. The van der Waals surface area contributed by atoms with Crippen molar-refractivity contribution in [1.29, 1.82) is 0 Å². The summed E-state index contributed by atoms with van der Waals surface area (Å²) in [4.78, 5) is 13.1. The van der Waals surface area contributed by atoms with Crippen molar-refractivity contribution in [1.82, 2.24) is 10.6 Å². The van der Waals surface area contributed by atoms with Crippen LogP contribution in [0.1, 0.15) is 32.1 Å². The van der Waals surface area contributed by atoms with Gasteiger partial charge >= 0.3 is 0 Å². The van der Waals surface area contributed by atoms with Gasteiger partial charge in [0.2, 0.25) is 5.91 Å². The molecule has 1 amide bonds. The Kier molecular flexibility index (Phi) is 8.34. The van der Waals surface area contributed by atoms with E-state index in [0.717, 1.165) is 48.6 Å². The van der Waals surface area contributed by atoms with Crippen molar-refractivity contribution in [2.24, 2.45) is 5.92 Å². The quantitative estimate of drug-likeness (QED) is 0.528. The number of carbonyl (C=O) groups is 1. The van der Waals surface area contributed by atoms with Crippen molar-refractivity contribution in [3.63, 3.8) is 0 Å². The van der Waals surface area contributed by atoms with Crippen LogP contribution < -0.4 is 10.6 Å². The Balaban J connectivity index is 1.49. The van der Waals surface area contributed by atoms with Crippen LogP contribution in [0, 0.1) is 5.92 Å². The fourth-order valence-electron chi connectivity index (χ4n) is 2.63. The van der Waals surface area contributed by atoms with Crippen LogP contribution in [0.2, 0.25) is 0 Å². The van der Waals surface area contributed by atoms with Crippen LogP contribution in [0.15, 0.2) is 33.6 Å². The van der Waals surface area contributed by atoms with Crippen LogP contribution in [0.3, 0.4) is 0 Å². The number of carbonyl (C=O) groups excluding carboxylic acids is 1. The van der Waals surface area contributed by atoms with Crippen LogP contribution in [-0.4, -0.2) is 31.3 Å². The maximum Gasteiger partial charge on any atom is 0.220 e. The number of benzene rings is 1. The summed E-state index contributed by atoms with van der Waals surface area (Å²) < 4.78 is 1.10. The molecule has 0 aliphatic carbocycles. The lowest BCUT2D eigenvalue weighted by atomic mass is 9.96. The largest absolute Gasteiger partial charge is 0.356 e. The van der Waals surface area contributed by atoms with Crippen molar-refractivity contribution >= 4 is 33.6 Å². The normalized spacial score (nSPS) is 18.1. The number of halogens is 1. The minimum absolute atomic E-state index is 0.195. The molecule has 122 valence electrons. The molecule has 1 aliphatic heterocycles. The summed E-state index contributed by atoms with van der Waals surface area (Å²) in [6.45, 7) is 3.09. The Morgan fingerprint density at radius 2 is 2.18 bits per heavy atom. The average Bonchev–Trinajstić information content (AvgIpc) is 2.54. The van der Waals surface area contributed by atoms with E-state index in [1.165, 1.54) is 17.7 Å². The predicted octanol–water partition coefficient (Wildman–Crippen LogP) is 3.83. The lowest BCUT2D eigenvalue weighted by Gasteiger charge is -2.22.